The number of nitrogens with two attached hydrogens (primary N) is 1. The molecule has 9 nitrogen and oxygen atoms in total. The molecule has 4 N–H and O–H groups in total. The van der Waals surface area contributed by atoms with Gasteiger partial charge in [0.15, 0.2) is 5.82 Å². The van der Waals surface area contributed by atoms with Gasteiger partial charge in [-0.05, 0) is 55.9 Å². The molecule has 1 aromatic heterocycles. The Labute approximate surface area is 175 Å². The van der Waals surface area contributed by atoms with Crippen LogP contribution in [-0.4, -0.2) is 41.0 Å². The summed E-state index contributed by atoms with van der Waals surface area (Å²) >= 11 is 0. The van der Waals surface area contributed by atoms with Gasteiger partial charge in [0.25, 0.3) is 5.91 Å². The molecule has 3 heterocycles. The lowest BCUT2D eigenvalue weighted by Gasteiger charge is -2.23. The van der Waals surface area contributed by atoms with Gasteiger partial charge >= 0.3 is 7.12 Å². The van der Waals surface area contributed by atoms with Gasteiger partial charge in [-0.1, -0.05) is 0 Å². The molecule has 0 saturated carbocycles. The Balaban J connectivity index is 0.00000124. The van der Waals surface area contributed by atoms with Crippen LogP contribution in [0.5, 0.6) is 5.75 Å². The van der Waals surface area contributed by atoms with Crippen LogP contribution in [0.3, 0.4) is 0 Å². The lowest BCUT2D eigenvalue weighted by atomic mass is 9.73. The first-order chi connectivity index (χ1) is 14.4. The first kappa shape index (κ1) is 21.4. The van der Waals surface area contributed by atoms with Crippen molar-refractivity contribution in [1.82, 2.24) is 9.78 Å². The highest BCUT2D eigenvalue weighted by Gasteiger charge is 2.28. The Morgan fingerprint density at radius 3 is 2.87 bits per heavy atom. The van der Waals surface area contributed by atoms with E-state index in [0.717, 1.165) is 41.7 Å². The smallest absolute Gasteiger partial charge is 0.532 e. The van der Waals surface area contributed by atoms with Gasteiger partial charge < -0.3 is 25.5 Å². The zero-order valence-corrected chi connectivity index (χ0v) is 17.0. The molecule has 0 unspecified atom stereocenters. The molecule has 1 saturated heterocycles. The van der Waals surface area contributed by atoms with Gasteiger partial charge in [0, 0.05) is 30.6 Å². The van der Waals surface area contributed by atoms with E-state index in [2.05, 4.69) is 17.0 Å². The van der Waals surface area contributed by atoms with Crippen molar-refractivity contribution in [2.45, 2.75) is 32.7 Å². The topological polar surface area (TPSA) is 135 Å². The number of hydrogen-bond donors (Lipinski definition) is 3. The van der Waals surface area contributed by atoms with Crippen molar-refractivity contribution in [3.05, 3.63) is 41.0 Å². The van der Waals surface area contributed by atoms with Crippen molar-refractivity contribution < 1.29 is 19.2 Å². The molecule has 1 amide bonds. The maximum Gasteiger partial charge on any atom is 0.555 e. The number of ether oxygens (including phenoxy) is 1. The third-order valence-corrected chi connectivity index (χ3v) is 5.35. The van der Waals surface area contributed by atoms with Crippen LogP contribution >= 0.6 is 0 Å². The molecular weight excluding hydrogens is 385 g/mol. The number of anilines is 2. The van der Waals surface area contributed by atoms with Crippen molar-refractivity contribution in [1.29, 1.82) is 5.26 Å². The molecule has 156 valence electrons. The van der Waals surface area contributed by atoms with Gasteiger partial charge in [0.2, 0.25) is 0 Å². The summed E-state index contributed by atoms with van der Waals surface area (Å²) in [5, 5.41) is 24.2. The van der Waals surface area contributed by atoms with Gasteiger partial charge in [-0.2, -0.15) is 5.10 Å². The third-order valence-electron chi connectivity index (χ3n) is 5.35. The standard InChI is InChI=1S/C19H23BN4O4.CHN/c1-11-12(2)20(26)28-17-6-5-13(8-15(11)17)22-19-16(18(21)25)9-24(23-19)14-4-3-7-27-10-14;1-2/h5-6,8-9,14,26H,3-4,7,10H2,1-2H3,(H2,21,25)(H,22,23);1H/t14-;/m1./s1. The number of carbonyl (C=O) groups excluding carboxylic acids is 1. The minimum atomic E-state index is -0.929. The number of aromatic nitrogens is 2. The Bertz CT molecular complexity index is 994. The summed E-state index contributed by atoms with van der Waals surface area (Å²) in [6.45, 7) is 8.60. The van der Waals surface area contributed by atoms with Crippen molar-refractivity contribution in [2.75, 3.05) is 18.5 Å². The van der Waals surface area contributed by atoms with Crippen LogP contribution in [0.15, 0.2) is 29.9 Å². The maximum absolute atomic E-state index is 11.9. The number of nitrogens with zero attached hydrogens (tertiary/aromatic N) is 3. The van der Waals surface area contributed by atoms with Crippen molar-refractivity contribution in [3.8, 4) is 12.3 Å². The first-order valence-electron chi connectivity index (χ1n) is 9.60. The molecule has 4 rings (SSSR count). The molecule has 1 atom stereocenters. The van der Waals surface area contributed by atoms with E-state index in [1.807, 2.05) is 26.0 Å². The number of allylic oxidation sites excluding steroid dienone is 2. The normalized spacial score (nSPS) is 18.0. The van der Waals surface area contributed by atoms with Crippen molar-refractivity contribution >= 4 is 30.1 Å². The average Bonchev–Trinajstić information content (AvgIpc) is 3.19. The van der Waals surface area contributed by atoms with Crippen LogP contribution < -0.4 is 15.7 Å². The van der Waals surface area contributed by atoms with E-state index < -0.39 is 13.0 Å². The number of hydrogen-bond acceptors (Lipinski definition) is 7. The van der Waals surface area contributed by atoms with Gasteiger partial charge in [-0.3, -0.25) is 9.48 Å². The molecule has 2 aromatic rings. The van der Waals surface area contributed by atoms with E-state index in [9.17, 15) is 9.82 Å². The second-order valence-corrected chi connectivity index (χ2v) is 7.22. The second-order valence-electron chi connectivity index (χ2n) is 7.22. The van der Waals surface area contributed by atoms with Gasteiger partial charge in [-0.25, -0.2) is 5.26 Å². The molecule has 1 aromatic carbocycles. The summed E-state index contributed by atoms with van der Waals surface area (Å²) < 4.78 is 12.8. The van der Waals surface area contributed by atoms with Crippen LogP contribution in [0.25, 0.3) is 5.57 Å². The first-order valence-corrected chi connectivity index (χ1v) is 9.60. The van der Waals surface area contributed by atoms with E-state index >= 15 is 0 Å². The predicted molar refractivity (Wildman–Crippen MR) is 113 cm³/mol. The molecule has 30 heavy (non-hydrogen) atoms. The molecule has 10 heteroatoms. The van der Waals surface area contributed by atoms with Crippen LogP contribution in [0.1, 0.15) is 48.7 Å². The van der Waals surface area contributed by atoms with Crippen LogP contribution in [-0.2, 0) is 4.74 Å². The summed E-state index contributed by atoms with van der Waals surface area (Å²) in [5.74, 6) is 0.483. The monoisotopic (exact) mass is 409 g/mol. The fraction of sp³-hybridized carbons (Fsp3) is 0.350. The number of carbonyl (C=O) groups is 1. The summed E-state index contributed by atoms with van der Waals surface area (Å²) in [5.41, 5.74) is 9.25. The highest BCUT2D eigenvalue weighted by atomic mass is 16.5. The second kappa shape index (κ2) is 9.03. The number of fused-ring (bicyclic) bond motifs is 1. The third kappa shape index (κ3) is 4.17. The lowest BCUT2D eigenvalue weighted by Crippen LogP contribution is -2.28. The molecule has 2 aliphatic rings. The van der Waals surface area contributed by atoms with Crippen molar-refractivity contribution in [3.63, 3.8) is 0 Å². The zero-order valence-electron chi connectivity index (χ0n) is 17.0. The molecular formula is C20H24BN5O4. The van der Waals surface area contributed by atoms with Crippen LogP contribution in [0, 0.1) is 11.8 Å². The SMILES string of the molecule is C#N.CC1=C(C)c2cc(Nc3nn([C@@H]4CCCOC4)cc3C(N)=O)ccc2OB1O. The molecule has 0 aliphatic carbocycles. The number of primary amides is 1. The summed E-state index contributed by atoms with van der Waals surface area (Å²) in [6.07, 6.45) is 3.58. The van der Waals surface area contributed by atoms with Gasteiger partial charge in [0.1, 0.15) is 11.3 Å². The predicted octanol–water partition coefficient (Wildman–Crippen LogP) is 2.42. The highest BCUT2D eigenvalue weighted by Crippen LogP contribution is 2.36. The number of benzene rings is 1. The minimum absolute atomic E-state index is 0.0913. The van der Waals surface area contributed by atoms with E-state index in [4.69, 9.17) is 20.4 Å². The Hall–Kier alpha value is -3.29. The van der Waals surface area contributed by atoms with Gasteiger partial charge in [0.05, 0.1) is 12.6 Å². The highest BCUT2D eigenvalue weighted by molar-refractivity contribution is 6.55. The zero-order chi connectivity index (χ0) is 21.8. The molecule has 0 bridgehead atoms. The van der Waals surface area contributed by atoms with Crippen LogP contribution in [0.4, 0.5) is 11.5 Å². The summed E-state index contributed by atoms with van der Waals surface area (Å²) in [4.78, 5) is 11.9. The average molecular weight is 409 g/mol. The van der Waals surface area contributed by atoms with E-state index in [1.165, 1.54) is 0 Å². The van der Waals surface area contributed by atoms with E-state index in [1.54, 1.807) is 16.9 Å². The molecule has 1 fully saturated rings. The van der Waals surface area contributed by atoms with Crippen molar-refractivity contribution in [2.24, 2.45) is 5.73 Å². The quantitative estimate of drug-likeness (QED) is 0.660. The Kier molecular flexibility index (Phi) is 6.45. The van der Waals surface area contributed by atoms with Crippen LogP contribution in [0.2, 0.25) is 0 Å². The number of nitrogens with one attached hydrogen (secondary N) is 1. The fourth-order valence-electron chi connectivity index (χ4n) is 3.53. The number of amides is 1. The molecule has 0 radical (unpaired) electrons. The summed E-state index contributed by atoms with van der Waals surface area (Å²) in [6, 6.07) is 5.60. The lowest BCUT2D eigenvalue weighted by molar-refractivity contribution is 0.0550. The number of nitriles is 1. The van der Waals surface area contributed by atoms with E-state index in [-0.39, 0.29) is 6.04 Å². The maximum atomic E-state index is 11.9. The Morgan fingerprint density at radius 2 is 2.20 bits per heavy atom. The molecule has 2 aliphatic heterocycles. The summed E-state index contributed by atoms with van der Waals surface area (Å²) in [7, 11) is -0.929. The molecule has 0 spiro atoms. The largest absolute Gasteiger partial charge is 0.555 e. The number of rotatable bonds is 4. The van der Waals surface area contributed by atoms with E-state index in [0.29, 0.717) is 23.7 Å². The minimum Gasteiger partial charge on any atom is -0.532 e. The fourth-order valence-corrected chi connectivity index (χ4v) is 3.53. The van der Waals surface area contributed by atoms with Gasteiger partial charge in [-0.15, -0.1) is 0 Å². The Morgan fingerprint density at radius 1 is 1.43 bits per heavy atom.